The molecule has 118 valence electrons. The van der Waals surface area contributed by atoms with Crippen molar-refractivity contribution in [2.24, 2.45) is 5.92 Å². The minimum atomic E-state index is 0.759. The Labute approximate surface area is 126 Å². The van der Waals surface area contributed by atoms with Gasteiger partial charge in [-0.2, -0.15) is 0 Å². The maximum Gasteiger partial charge on any atom is 0.0254 e. The van der Waals surface area contributed by atoms with E-state index < -0.39 is 0 Å². The Balaban J connectivity index is 1.98. The summed E-state index contributed by atoms with van der Waals surface area (Å²) >= 11 is 0. The van der Waals surface area contributed by atoms with E-state index in [0.717, 1.165) is 24.0 Å². The zero-order valence-electron chi connectivity index (χ0n) is 14.0. The van der Waals surface area contributed by atoms with E-state index >= 15 is 0 Å². The summed E-state index contributed by atoms with van der Waals surface area (Å²) < 4.78 is 0. The summed E-state index contributed by atoms with van der Waals surface area (Å²) in [6.45, 7) is 9.54. The van der Waals surface area contributed by atoms with Crippen molar-refractivity contribution in [1.29, 1.82) is 0 Å². The monoisotopic (exact) mass is 280 g/mol. The summed E-state index contributed by atoms with van der Waals surface area (Å²) in [4.78, 5) is 2.90. The van der Waals surface area contributed by atoms with Gasteiger partial charge in [0.05, 0.1) is 0 Å². The highest BCUT2D eigenvalue weighted by molar-refractivity contribution is 4.97. The van der Waals surface area contributed by atoms with E-state index in [-0.39, 0.29) is 0 Å². The molecule has 0 amide bonds. The lowest BCUT2D eigenvalue weighted by Crippen LogP contribution is -2.54. The Morgan fingerprint density at radius 3 is 2.40 bits per heavy atom. The average molecular weight is 280 g/mol. The van der Waals surface area contributed by atoms with Crippen LogP contribution in [0, 0.1) is 5.92 Å². The van der Waals surface area contributed by atoms with Crippen molar-refractivity contribution >= 4 is 0 Å². The third-order valence-electron chi connectivity index (χ3n) is 5.37. The van der Waals surface area contributed by atoms with Crippen molar-refractivity contribution in [3.63, 3.8) is 0 Å². The molecule has 2 aliphatic rings. The van der Waals surface area contributed by atoms with Crippen molar-refractivity contribution in [3.05, 3.63) is 0 Å². The maximum absolute atomic E-state index is 3.86. The second-order valence-electron chi connectivity index (χ2n) is 7.04. The molecule has 2 nitrogen and oxygen atoms in total. The van der Waals surface area contributed by atoms with Gasteiger partial charge in [0.15, 0.2) is 0 Å². The van der Waals surface area contributed by atoms with Crippen LogP contribution in [0.15, 0.2) is 0 Å². The molecule has 3 atom stereocenters. The number of rotatable bonds is 9. The van der Waals surface area contributed by atoms with E-state index in [2.05, 4.69) is 31.0 Å². The summed E-state index contributed by atoms with van der Waals surface area (Å²) in [6, 6.07) is 2.50. The van der Waals surface area contributed by atoms with Crippen molar-refractivity contribution in [2.45, 2.75) is 96.7 Å². The van der Waals surface area contributed by atoms with E-state index in [4.69, 9.17) is 0 Å². The van der Waals surface area contributed by atoms with Crippen LogP contribution in [0.2, 0.25) is 0 Å². The van der Waals surface area contributed by atoms with Crippen LogP contribution >= 0.6 is 0 Å². The first kappa shape index (κ1) is 16.3. The normalized spacial score (nSPS) is 30.9. The van der Waals surface area contributed by atoms with E-state index in [1.165, 1.54) is 70.9 Å². The molecule has 2 fully saturated rings. The molecule has 2 heteroatoms. The summed E-state index contributed by atoms with van der Waals surface area (Å²) in [6.07, 6.45) is 12.6. The zero-order chi connectivity index (χ0) is 14.4. The van der Waals surface area contributed by atoms with E-state index in [1.807, 2.05) is 0 Å². The van der Waals surface area contributed by atoms with Crippen LogP contribution in [0.4, 0.5) is 0 Å². The molecule has 3 unspecified atom stereocenters. The minimum absolute atomic E-state index is 0.759. The maximum atomic E-state index is 3.86. The molecule has 20 heavy (non-hydrogen) atoms. The van der Waals surface area contributed by atoms with Gasteiger partial charge in [-0.1, -0.05) is 33.6 Å². The predicted octanol–water partition coefficient (Wildman–Crippen LogP) is 4.20. The Hall–Kier alpha value is -0.0800. The Kier molecular flexibility index (Phi) is 6.83. The van der Waals surface area contributed by atoms with Crippen LogP contribution in [-0.2, 0) is 0 Å². The summed E-state index contributed by atoms with van der Waals surface area (Å²) in [7, 11) is 0. The van der Waals surface area contributed by atoms with Crippen molar-refractivity contribution in [1.82, 2.24) is 10.2 Å². The van der Waals surface area contributed by atoms with Gasteiger partial charge in [0.1, 0.15) is 0 Å². The quantitative estimate of drug-likeness (QED) is 0.681. The molecule has 2 saturated carbocycles. The first-order valence-electron chi connectivity index (χ1n) is 9.29. The lowest BCUT2D eigenvalue weighted by molar-refractivity contribution is 0.0870. The highest BCUT2D eigenvalue weighted by Crippen LogP contribution is 2.36. The van der Waals surface area contributed by atoms with Crippen LogP contribution in [0.5, 0.6) is 0 Å². The Morgan fingerprint density at radius 1 is 1.00 bits per heavy atom. The van der Waals surface area contributed by atoms with Gasteiger partial charge < -0.3 is 5.32 Å². The lowest BCUT2D eigenvalue weighted by Gasteiger charge is -2.43. The lowest BCUT2D eigenvalue weighted by atomic mass is 9.80. The first-order valence-corrected chi connectivity index (χ1v) is 9.29. The molecule has 2 aliphatic carbocycles. The highest BCUT2D eigenvalue weighted by atomic mass is 15.2. The van der Waals surface area contributed by atoms with Gasteiger partial charge in [-0.3, -0.25) is 4.90 Å². The van der Waals surface area contributed by atoms with Crippen LogP contribution < -0.4 is 5.32 Å². The number of unbranched alkanes of at least 4 members (excludes halogenated alkanes) is 1. The van der Waals surface area contributed by atoms with Gasteiger partial charge in [-0.05, 0) is 64.0 Å². The fourth-order valence-electron chi connectivity index (χ4n) is 3.90. The number of nitrogens with zero attached hydrogens (tertiary/aromatic N) is 1. The van der Waals surface area contributed by atoms with E-state index in [1.54, 1.807) is 0 Å². The predicted molar refractivity (Wildman–Crippen MR) is 88.1 cm³/mol. The van der Waals surface area contributed by atoms with Crippen molar-refractivity contribution in [2.75, 3.05) is 13.1 Å². The molecule has 0 aromatic rings. The van der Waals surface area contributed by atoms with E-state index in [0.29, 0.717) is 0 Å². The van der Waals surface area contributed by atoms with Gasteiger partial charge >= 0.3 is 0 Å². The molecule has 0 heterocycles. The third kappa shape index (κ3) is 4.46. The van der Waals surface area contributed by atoms with Crippen molar-refractivity contribution in [3.8, 4) is 0 Å². The second-order valence-corrected chi connectivity index (χ2v) is 7.04. The van der Waals surface area contributed by atoms with Crippen molar-refractivity contribution < 1.29 is 0 Å². The smallest absolute Gasteiger partial charge is 0.0254 e. The van der Waals surface area contributed by atoms with Gasteiger partial charge in [0.25, 0.3) is 0 Å². The fourth-order valence-corrected chi connectivity index (χ4v) is 3.90. The molecular formula is C18H36N2. The molecule has 0 radical (unpaired) electrons. The van der Waals surface area contributed by atoms with Crippen LogP contribution in [-0.4, -0.2) is 36.1 Å². The molecule has 0 saturated heterocycles. The van der Waals surface area contributed by atoms with Gasteiger partial charge in [-0.25, -0.2) is 0 Å². The number of hydrogen-bond donors (Lipinski definition) is 1. The summed E-state index contributed by atoms with van der Waals surface area (Å²) in [5.74, 6) is 0.975. The first-order chi connectivity index (χ1) is 9.80. The average Bonchev–Trinajstić information content (AvgIpc) is 3.31. The Morgan fingerprint density at radius 2 is 1.80 bits per heavy atom. The molecule has 0 aromatic carbocycles. The fraction of sp³-hybridized carbons (Fsp3) is 1.00. The minimum Gasteiger partial charge on any atom is -0.312 e. The number of nitrogens with one attached hydrogen (secondary N) is 1. The largest absolute Gasteiger partial charge is 0.312 e. The number of hydrogen-bond acceptors (Lipinski definition) is 2. The van der Waals surface area contributed by atoms with Gasteiger partial charge in [-0.15, -0.1) is 0 Å². The molecule has 0 spiro atoms. The molecule has 1 N–H and O–H groups in total. The van der Waals surface area contributed by atoms with E-state index in [9.17, 15) is 0 Å². The van der Waals surface area contributed by atoms with Gasteiger partial charge in [0.2, 0.25) is 0 Å². The third-order valence-corrected chi connectivity index (χ3v) is 5.37. The Bertz CT molecular complexity index is 262. The molecule has 2 rings (SSSR count). The summed E-state index contributed by atoms with van der Waals surface area (Å²) in [5, 5.41) is 3.86. The van der Waals surface area contributed by atoms with Crippen LogP contribution in [0.3, 0.4) is 0 Å². The zero-order valence-corrected chi connectivity index (χ0v) is 14.0. The standard InChI is InChI=1S/C18H36N2/c1-4-7-13-20(16-9-10-16)18-14-15(6-3)8-11-17(18)19-12-5-2/h15-19H,4-14H2,1-3H3. The summed E-state index contributed by atoms with van der Waals surface area (Å²) in [5.41, 5.74) is 0. The van der Waals surface area contributed by atoms with Crippen LogP contribution in [0.1, 0.15) is 78.6 Å². The van der Waals surface area contributed by atoms with Gasteiger partial charge in [0, 0.05) is 18.1 Å². The second kappa shape index (κ2) is 8.38. The molecule has 0 aromatic heterocycles. The highest BCUT2D eigenvalue weighted by Gasteiger charge is 2.39. The molecular weight excluding hydrogens is 244 g/mol. The molecule has 0 bridgehead atoms. The SMILES string of the molecule is CCCCN(C1CC1)C1CC(CC)CCC1NCCC. The topological polar surface area (TPSA) is 15.3 Å². The molecule has 0 aliphatic heterocycles. The van der Waals surface area contributed by atoms with Crippen LogP contribution in [0.25, 0.3) is 0 Å².